The van der Waals surface area contributed by atoms with Crippen molar-refractivity contribution in [1.82, 2.24) is 15.1 Å². The fourth-order valence-corrected chi connectivity index (χ4v) is 3.05. The van der Waals surface area contributed by atoms with Crippen LogP contribution in [0.1, 0.15) is 29.6 Å². The van der Waals surface area contributed by atoms with E-state index in [9.17, 15) is 4.79 Å². The van der Waals surface area contributed by atoms with Gasteiger partial charge < -0.3 is 19.9 Å². The van der Waals surface area contributed by atoms with Gasteiger partial charge in [0.15, 0.2) is 0 Å². The molecule has 0 radical (unpaired) electrons. The van der Waals surface area contributed by atoms with Crippen LogP contribution in [0.15, 0.2) is 24.3 Å². The Balaban J connectivity index is 0.00000312. The van der Waals surface area contributed by atoms with Crippen LogP contribution in [0.4, 0.5) is 0 Å². The normalized spacial score (nSPS) is 14.5. The maximum absolute atomic E-state index is 12.9. The monoisotopic (exact) mass is 405 g/mol. The van der Waals surface area contributed by atoms with Gasteiger partial charge in [0, 0.05) is 19.6 Å². The van der Waals surface area contributed by atoms with Crippen LogP contribution in [0, 0.1) is 5.92 Å². The fourth-order valence-electron chi connectivity index (χ4n) is 3.05. The highest BCUT2D eigenvalue weighted by Gasteiger charge is 2.25. The number of piperidine rings is 1. The SMILES string of the molecule is CNCCC1CCN(C(=O)c2ccccc2OCCN(C)C)CC1.Cl.Cl. The first-order valence-electron chi connectivity index (χ1n) is 8.92. The van der Waals surface area contributed by atoms with Gasteiger partial charge in [-0.05, 0) is 65.0 Å². The van der Waals surface area contributed by atoms with Crippen molar-refractivity contribution in [2.45, 2.75) is 19.3 Å². The van der Waals surface area contributed by atoms with E-state index in [1.165, 1.54) is 6.42 Å². The highest BCUT2D eigenvalue weighted by atomic mass is 35.5. The summed E-state index contributed by atoms with van der Waals surface area (Å²) in [5.41, 5.74) is 0.685. The molecular weight excluding hydrogens is 373 g/mol. The van der Waals surface area contributed by atoms with Crippen molar-refractivity contribution in [3.05, 3.63) is 29.8 Å². The second-order valence-electron chi connectivity index (χ2n) is 6.78. The first kappa shape index (κ1) is 25.0. The Kier molecular flexibility index (Phi) is 12.7. The highest BCUT2D eigenvalue weighted by Crippen LogP contribution is 2.25. The van der Waals surface area contributed by atoms with Crippen LogP contribution in [0.2, 0.25) is 0 Å². The summed E-state index contributed by atoms with van der Waals surface area (Å²) < 4.78 is 5.84. The number of carbonyl (C=O) groups excluding carboxylic acids is 1. The molecule has 1 aromatic carbocycles. The maximum atomic E-state index is 12.9. The van der Waals surface area contributed by atoms with Crippen molar-refractivity contribution in [2.24, 2.45) is 5.92 Å². The Hall–Kier alpha value is -1.01. The molecule has 1 amide bonds. The topological polar surface area (TPSA) is 44.8 Å². The molecular formula is C19H33Cl2N3O2. The lowest BCUT2D eigenvalue weighted by atomic mass is 9.93. The number of carbonyl (C=O) groups is 1. The van der Waals surface area contributed by atoms with E-state index in [1.54, 1.807) is 0 Å². The Morgan fingerprint density at radius 2 is 1.88 bits per heavy atom. The van der Waals surface area contributed by atoms with E-state index in [2.05, 4.69) is 10.2 Å². The molecule has 0 unspecified atom stereocenters. The van der Waals surface area contributed by atoms with E-state index >= 15 is 0 Å². The van der Waals surface area contributed by atoms with Crippen molar-refractivity contribution in [1.29, 1.82) is 0 Å². The lowest BCUT2D eigenvalue weighted by molar-refractivity contribution is 0.0682. The molecule has 0 saturated carbocycles. The third kappa shape index (κ3) is 7.70. The van der Waals surface area contributed by atoms with Gasteiger partial charge in [-0.3, -0.25) is 4.79 Å². The number of para-hydroxylation sites is 1. The maximum Gasteiger partial charge on any atom is 0.257 e. The number of likely N-dealkylation sites (N-methyl/N-ethyl adjacent to an activating group) is 1. The number of nitrogens with zero attached hydrogens (tertiary/aromatic N) is 2. The van der Waals surface area contributed by atoms with Crippen molar-refractivity contribution < 1.29 is 9.53 Å². The number of likely N-dealkylation sites (tertiary alicyclic amines) is 1. The molecule has 1 N–H and O–H groups in total. The number of nitrogens with one attached hydrogen (secondary N) is 1. The van der Waals surface area contributed by atoms with Gasteiger partial charge in [-0.15, -0.1) is 24.8 Å². The van der Waals surface area contributed by atoms with Gasteiger partial charge in [0.25, 0.3) is 5.91 Å². The van der Waals surface area contributed by atoms with E-state index in [4.69, 9.17) is 4.74 Å². The summed E-state index contributed by atoms with van der Waals surface area (Å²) in [5.74, 6) is 1.53. The molecule has 0 bridgehead atoms. The van der Waals surface area contributed by atoms with Crippen LogP contribution >= 0.6 is 24.8 Å². The van der Waals surface area contributed by atoms with Crippen LogP contribution < -0.4 is 10.1 Å². The molecule has 0 aliphatic carbocycles. The highest BCUT2D eigenvalue weighted by molar-refractivity contribution is 5.97. The van der Waals surface area contributed by atoms with Gasteiger partial charge in [-0.25, -0.2) is 0 Å². The predicted molar refractivity (Wildman–Crippen MR) is 112 cm³/mol. The minimum Gasteiger partial charge on any atom is -0.491 e. The second-order valence-corrected chi connectivity index (χ2v) is 6.78. The molecule has 1 aliphatic heterocycles. The number of ether oxygens (including phenoxy) is 1. The molecule has 0 atom stereocenters. The summed E-state index contributed by atoms with van der Waals surface area (Å²) in [6.07, 6.45) is 3.39. The Morgan fingerprint density at radius 3 is 2.50 bits per heavy atom. The number of hydrogen-bond acceptors (Lipinski definition) is 4. The largest absolute Gasteiger partial charge is 0.491 e. The average Bonchev–Trinajstić information content (AvgIpc) is 2.60. The van der Waals surface area contributed by atoms with Crippen molar-refractivity contribution in [3.63, 3.8) is 0 Å². The lowest BCUT2D eigenvalue weighted by Gasteiger charge is -2.32. The van der Waals surface area contributed by atoms with Gasteiger partial charge in [-0.1, -0.05) is 12.1 Å². The van der Waals surface area contributed by atoms with Gasteiger partial charge in [0.05, 0.1) is 5.56 Å². The lowest BCUT2D eigenvalue weighted by Crippen LogP contribution is -2.39. The van der Waals surface area contributed by atoms with Crippen LogP contribution in [0.3, 0.4) is 0 Å². The molecule has 1 aliphatic rings. The molecule has 1 saturated heterocycles. The van der Waals surface area contributed by atoms with Crippen molar-refractivity contribution in [2.75, 3.05) is 53.9 Å². The molecule has 7 heteroatoms. The summed E-state index contributed by atoms with van der Waals surface area (Å²) in [6, 6.07) is 7.60. The number of rotatable bonds is 8. The van der Waals surface area contributed by atoms with E-state index in [-0.39, 0.29) is 30.7 Å². The smallest absolute Gasteiger partial charge is 0.257 e. The third-order valence-electron chi connectivity index (χ3n) is 4.62. The molecule has 26 heavy (non-hydrogen) atoms. The Morgan fingerprint density at radius 1 is 1.23 bits per heavy atom. The summed E-state index contributed by atoms with van der Waals surface area (Å²) >= 11 is 0. The van der Waals surface area contributed by atoms with Crippen LogP contribution in [-0.2, 0) is 0 Å². The van der Waals surface area contributed by atoms with Gasteiger partial charge in [0.1, 0.15) is 12.4 Å². The molecule has 0 aromatic heterocycles. The zero-order valence-corrected chi connectivity index (χ0v) is 17.7. The van der Waals surface area contributed by atoms with E-state index < -0.39 is 0 Å². The first-order valence-corrected chi connectivity index (χ1v) is 8.92. The summed E-state index contributed by atoms with van der Waals surface area (Å²) in [4.78, 5) is 16.9. The number of amides is 1. The van der Waals surface area contributed by atoms with E-state index in [0.717, 1.165) is 44.9 Å². The van der Waals surface area contributed by atoms with Crippen molar-refractivity contribution in [3.8, 4) is 5.75 Å². The summed E-state index contributed by atoms with van der Waals surface area (Å²) in [7, 11) is 6.02. The number of hydrogen-bond donors (Lipinski definition) is 1. The Bertz CT molecular complexity index is 521. The quantitative estimate of drug-likeness (QED) is 0.721. The standard InChI is InChI=1S/C19H31N3O2.2ClH/c1-20-11-8-16-9-12-22(13-10-16)19(23)17-6-4-5-7-18(17)24-15-14-21(2)3;;/h4-7,16,20H,8-15H2,1-3H3;2*1H. The van der Waals surface area contributed by atoms with Gasteiger partial charge in [-0.2, -0.15) is 0 Å². The minimum absolute atomic E-state index is 0. The average molecular weight is 406 g/mol. The molecule has 1 aromatic rings. The van der Waals surface area contributed by atoms with Gasteiger partial charge in [0.2, 0.25) is 0 Å². The summed E-state index contributed by atoms with van der Waals surface area (Å²) in [6.45, 7) is 4.17. The van der Waals surface area contributed by atoms with Crippen LogP contribution in [0.5, 0.6) is 5.75 Å². The van der Waals surface area contributed by atoms with E-state index in [1.807, 2.05) is 50.3 Å². The van der Waals surface area contributed by atoms with Crippen LogP contribution in [0.25, 0.3) is 0 Å². The van der Waals surface area contributed by atoms with Gasteiger partial charge >= 0.3 is 0 Å². The third-order valence-corrected chi connectivity index (χ3v) is 4.62. The predicted octanol–water partition coefficient (Wildman–Crippen LogP) is 2.93. The zero-order valence-electron chi connectivity index (χ0n) is 16.1. The van der Waals surface area contributed by atoms with Crippen LogP contribution in [-0.4, -0.2) is 69.6 Å². The van der Waals surface area contributed by atoms with Crippen molar-refractivity contribution >= 4 is 30.7 Å². The minimum atomic E-state index is 0. The summed E-state index contributed by atoms with van der Waals surface area (Å²) in [5, 5.41) is 3.21. The van der Waals surface area contributed by atoms with E-state index in [0.29, 0.717) is 17.9 Å². The fraction of sp³-hybridized carbons (Fsp3) is 0.632. The molecule has 150 valence electrons. The molecule has 0 spiro atoms. The Labute approximate surface area is 170 Å². The molecule has 5 nitrogen and oxygen atoms in total. The first-order chi connectivity index (χ1) is 11.6. The molecule has 1 heterocycles. The number of halogens is 2. The molecule has 1 fully saturated rings. The zero-order chi connectivity index (χ0) is 17.4. The second kappa shape index (κ2) is 13.2. The molecule has 2 rings (SSSR count). The number of benzene rings is 1.